The minimum absolute atomic E-state index is 0.0926. The Morgan fingerprint density at radius 3 is 2.12 bits per heavy atom. The Labute approximate surface area is 187 Å². The highest BCUT2D eigenvalue weighted by molar-refractivity contribution is 7.92. The Bertz CT molecular complexity index is 983. The molecular formula is C21H18F7NO3S. The Hall–Kier alpha value is -2.31. The number of benzene rings is 2. The van der Waals surface area contributed by atoms with E-state index in [9.17, 15) is 45.2 Å². The number of likely N-dealkylation sites (tertiary alicyclic amines) is 1. The van der Waals surface area contributed by atoms with Crippen molar-refractivity contribution in [1.29, 1.82) is 0 Å². The van der Waals surface area contributed by atoms with Crippen LogP contribution >= 0.6 is 0 Å². The number of carbonyl (C=O) groups excluding carboxylic acids is 1. The fraction of sp³-hybridized carbons (Fsp3) is 0.381. The van der Waals surface area contributed by atoms with Crippen LogP contribution in [-0.2, 0) is 33.0 Å². The van der Waals surface area contributed by atoms with Crippen molar-refractivity contribution in [3.8, 4) is 0 Å². The van der Waals surface area contributed by atoms with E-state index in [2.05, 4.69) is 0 Å². The molecule has 2 aromatic rings. The fourth-order valence-corrected chi connectivity index (χ4v) is 5.69. The molecule has 1 heterocycles. The van der Waals surface area contributed by atoms with E-state index in [-0.39, 0.29) is 36.6 Å². The zero-order valence-corrected chi connectivity index (χ0v) is 17.6. The number of rotatable bonds is 6. The number of aliphatic hydroxyl groups is 1. The first-order valence-corrected chi connectivity index (χ1v) is 10.7. The van der Waals surface area contributed by atoms with E-state index < -0.39 is 39.5 Å². The molecule has 180 valence electrons. The highest BCUT2D eigenvalue weighted by atomic mass is 32.2. The van der Waals surface area contributed by atoms with Crippen molar-refractivity contribution in [3.63, 3.8) is 0 Å². The molecule has 33 heavy (non-hydrogen) atoms. The van der Waals surface area contributed by atoms with E-state index in [0.717, 1.165) is 12.1 Å². The molecule has 2 atom stereocenters. The molecule has 1 aliphatic heterocycles. The van der Waals surface area contributed by atoms with Gasteiger partial charge in [-0.1, -0.05) is 36.4 Å². The van der Waals surface area contributed by atoms with Gasteiger partial charge in [0.05, 0.1) is 13.2 Å². The largest absolute Gasteiger partial charge is 0.611 e. The maximum atomic E-state index is 14.4. The highest BCUT2D eigenvalue weighted by Gasteiger charge is 2.73. The fourth-order valence-electron chi connectivity index (χ4n) is 3.87. The summed E-state index contributed by atoms with van der Waals surface area (Å²) in [6.45, 7) is -0.319. The summed E-state index contributed by atoms with van der Waals surface area (Å²) in [4.78, 5) is 12.8. The van der Waals surface area contributed by atoms with E-state index in [1.807, 2.05) is 0 Å². The van der Waals surface area contributed by atoms with Gasteiger partial charge < -0.3 is 14.6 Å². The van der Waals surface area contributed by atoms with Gasteiger partial charge in [0.1, 0.15) is 0 Å². The summed E-state index contributed by atoms with van der Waals surface area (Å²) in [5.74, 6) is 0. The summed E-state index contributed by atoms with van der Waals surface area (Å²) in [5.41, 5.74) is -6.70. The van der Waals surface area contributed by atoms with Gasteiger partial charge in [0.15, 0.2) is 9.64 Å². The Balaban J connectivity index is 2.09. The average Bonchev–Trinajstić information content (AvgIpc) is 3.22. The van der Waals surface area contributed by atoms with Crippen molar-refractivity contribution in [3.05, 3.63) is 65.2 Å². The maximum absolute atomic E-state index is 14.4. The smallest absolute Gasteiger partial charge is 0.435 e. The third kappa shape index (κ3) is 4.31. The summed E-state index contributed by atoms with van der Waals surface area (Å²) < 4.78 is 105. The first-order valence-electron chi connectivity index (χ1n) is 9.54. The lowest BCUT2D eigenvalue weighted by Gasteiger charge is -2.33. The van der Waals surface area contributed by atoms with Crippen molar-refractivity contribution in [2.75, 3.05) is 13.1 Å². The summed E-state index contributed by atoms with van der Waals surface area (Å²) in [7, 11) is 0. The zero-order chi connectivity index (χ0) is 24.7. The van der Waals surface area contributed by atoms with Crippen LogP contribution in [0, 0.1) is 0 Å². The molecule has 1 N–H and O–H groups in total. The lowest BCUT2D eigenvalue weighted by molar-refractivity contribution is -0.348. The molecule has 1 fully saturated rings. The van der Waals surface area contributed by atoms with E-state index >= 15 is 0 Å². The Morgan fingerprint density at radius 2 is 1.64 bits per heavy atom. The number of aliphatic hydroxyl groups excluding tert-OH is 1. The van der Waals surface area contributed by atoms with Crippen LogP contribution in [0.4, 0.5) is 30.7 Å². The second-order valence-corrected chi connectivity index (χ2v) is 9.42. The van der Waals surface area contributed by atoms with Gasteiger partial charge in [-0.3, -0.25) is 4.79 Å². The molecule has 0 radical (unpaired) electrons. The molecule has 0 aromatic heterocycles. The number of amides is 1. The van der Waals surface area contributed by atoms with Crippen molar-refractivity contribution >= 4 is 17.6 Å². The van der Waals surface area contributed by atoms with Gasteiger partial charge in [0, 0.05) is 24.1 Å². The van der Waals surface area contributed by atoms with Crippen LogP contribution in [0.2, 0.25) is 0 Å². The number of hydrogen-bond donors (Lipinski definition) is 1. The highest BCUT2D eigenvalue weighted by Crippen LogP contribution is 2.53. The standard InChI is InChI=1S/C21H18F7NO3S/c22-19(20(23,24)25,21(26,27)28)16-6-4-15(5-7-16)18(8-9-29(12-18)13-31)33(32)17-3-1-2-14(10-17)11-30/h1-7,10,13,30H,8-9,11-12H2. The molecule has 1 amide bonds. The summed E-state index contributed by atoms with van der Waals surface area (Å²) in [5, 5.41) is 9.34. The van der Waals surface area contributed by atoms with Crippen LogP contribution in [0.3, 0.4) is 0 Å². The molecule has 0 aliphatic carbocycles. The minimum atomic E-state index is -6.25. The summed E-state index contributed by atoms with van der Waals surface area (Å²) >= 11 is -1.91. The van der Waals surface area contributed by atoms with Crippen molar-refractivity contribution in [2.45, 2.75) is 40.7 Å². The first-order chi connectivity index (χ1) is 15.3. The number of carbonyl (C=O) groups is 1. The molecule has 2 aromatic carbocycles. The number of halogens is 7. The molecule has 3 rings (SSSR count). The van der Waals surface area contributed by atoms with Crippen molar-refractivity contribution < 1.29 is 45.2 Å². The number of alkyl halides is 7. The third-order valence-electron chi connectivity index (χ3n) is 5.65. The molecule has 1 aliphatic rings. The van der Waals surface area contributed by atoms with Gasteiger partial charge in [-0.05, 0) is 28.9 Å². The normalized spacial score (nSPS) is 20.7. The predicted octanol–water partition coefficient (Wildman–Crippen LogP) is 4.33. The molecule has 0 spiro atoms. The van der Waals surface area contributed by atoms with Crippen LogP contribution in [0.15, 0.2) is 53.4 Å². The molecule has 1 saturated heterocycles. The third-order valence-corrected chi connectivity index (χ3v) is 7.61. The molecule has 0 saturated carbocycles. The lowest BCUT2D eigenvalue weighted by atomic mass is 9.90. The van der Waals surface area contributed by atoms with Crippen LogP contribution in [0.25, 0.3) is 0 Å². The van der Waals surface area contributed by atoms with E-state index in [4.69, 9.17) is 0 Å². The zero-order valence-electron chi connectivity index (χ0n) is 16.8. The number of hydrogen-bond acceptors (Lipinski definition) is 3. The SMILES string of the molecule is O=CN1CCC(c2ccc(C(F)(C(F)(F)F)C(F)(F)F)cc2)([S+]([O-])c2cccc(CO)c2)C1. The Kier molecular flexibility index (Phi) is 6.75. The first kappa shape index (κ1) is 25.3. The van der Waals surface area contributed by atoms with E-state index in [0.29, 0.717) is 24.1 Å². The van der Waals surface area contributed by atoms with Gasteiger partial charge in [-0.2, -0.15) is 26.3 Å². The monoisotopic (exact) mass is 497 g/mol. The predicted molar refractivity (Wildman–Crippen MR) is 104 cm³/mol. The average molecular weight is 497 g/mol. The van der Waals surface area contributed by atoms with Gasteiger partial charge in [0.25, 0.3) is 0 Å². The topological polar surface area (TPSA) is 63.6 Å². The molecule has 4 nitrogen and oxygen atoms in total. The summed E-state index contributed by atoms with van der Waals surface area (Å²) in [6.07, 6.45) is -11.9. The molecule has 12 heteroatoms. The van der Waals surface area contributed by atoms with Gasteiger partial charge in [-0.15, -0.1) is 0 Å². The van der Waals surface area contributed by atoms with E-state index in [1.54, 1.807) is 6.07 Å². The minimum Gasteiger partial charge on any atom is -0.611 e. The van der Waals surface area contributed by atoms with Crippen LogP contribution in [-0.4, -0.2) is 46.4 Å². The molecule has 0 bridgehead atoms. The second kappa shape index (κ2) is 8.80. The Morgan fingerprint density at radius 1 is 1.03 bits per heavy atom. The van der Waals surface area contributed by atoms with Crippen molar-refractivity contribution in [2.24, 2.45) is 0 Å². The number of nitrogens with zero attached hydrogens (tertiary/aromatic N) is 1. The van der Waals surface area contributed by atoms with Crippen LogP contribution < -0.4 is 0 Å². The quantitative estimate of drug-likeness (QED) is 0.367. The van der Waals surface area contributed by atoms with E-state index in [1.165, 1.54) is 23.1 Å². The lowest BCUT2D eigenvalue weighted by Crippen LogP contribution is -2.50. The van der Waals surface area contributed by atoms with Crippen LogP contribution in [0.5, 0.6) is 0 Å². The molecule has 2 unspecified atom stereocenters. The van der Waals surface area contributed by atoms with Gasteiger partial charge >= 0.3 is 18.0 Å². The van der Waals surface area contributed by atoms with Crippen molar-refractivity contribution in [1.82, 2.24) is 4.90 Å². The second-order valence-electron chi connectivity index (χ2n) is 7.63. The maximum Gasteiger partial charge on any atom is 0.435 e. The van der Waals surface area contributed by atoms with Crippen LogP contribution in [0.1, 0.15) is 23.1 Å². The van der Waals surface area contributed by atoms with Gasteiger partial charge in [0.2, 0.25) is 6.41 Å². The van der Waals surface area contributed by atoms with Gasteiger partial charge in [-0.25, -0.2) is 4.39 Å². The molecular weight excluding hydrogens is 479 g/mol. The summed E-state index contributed by atoms with van der Waals surface area (Å²) in [6, 6.07) is 8.57.